The van der Waals surface area contributed by atoms with Gasteiger partial charge in [-0.2, -0.15) is 0 Å². The lowest BCUT2D eigenvalue weighted by atomic mass is 10.5. The Morgan fingerprint density at radius 3 is 2.36 bits per heavy atom. The standard InChI is InChI=1S/C12H19NO5P2S2/c14-6-3-7-19(15,16)8-9-20(17,18)10-11-21-22-12-4-1-2-5-13-12/h1-2,4-6H,3,7-11H2,(H,15,16)(H,17,18). The summed E-state index contributed by atoms with van der Waals surface area (Å²) in [6.45, 7) is 0. The van der Waals surface area contributed by atoms with Gasteiger partial charge in [0.05, 0.1) is 0 Å². The van der Waals surface area contributed by atoms with E-state index in [1.165, 1.54) is 21.6 Å². The Kier molecular flexibility index (Phi) is 8.98. The van der Waals surface area contributed by atoms with Crippen LogP contribution < -0.4 is 0 Å². The second-order valence-electron chi connectivity index (χ2n) is 4.62. The average Bonchev–Trinajstić information content (AvgIpc) is 2.49. The van der Waals surface area contributed by atoms with Crippen molar-refractivity contribution in [1.29, 1.82) is 0 Å². The Morgan fingerprint density at radius 1 is 1.09 bits per heavy atom. The quantitative estimate of drug-likeness (QED) is 0.260. The Bertz CT molecular complexity index is 558. The molecule has 10 heteroatoms. The molecule has 6 nitrogen and oxygen atoms in total. The summed E-state index contributed by atoms with van der Waals surface area (Å²) < 4.78 is 23.6. The van der Waals surface area contributed by atoms with Gasteiger partial charge in [0.15, 0.2) is 0 Å². The number of aldehydes is 1. The third-order valence-corrected chi connectivity index (χ3v) is 9.35. The van der Waals surface area contributed by atoms with Crippen LogP contribution in [-0.4, -0.2) is 51.5 Å². The number of pyridine rings is 1. The smallest absolute Gasteiger partial charge is 0.202 e. The number of hydrogen-bond acceptors (Lipinski definition) is 6. The van der Waals surface area contributed by atoms with Gasteiger partial charge in [0.25, 0.3) is 0 Å². The van der Waals surface area contributed by atoms with Crippen LogP contribution in [0.5, 0.6) is 0 Å². The first kappa shape index (κ1) is 19.9. The van der Waals surface area contributed by atoms with Crippen molar-refractivity contribution < 1.29 is 23.7 Å². The maximum absolute atomic E-state index is 12.0. The van der Waals surface area contributed by atoms with E-state index in [9.17, 15) is 23.7 Å². The van der Waals surface area contributed by atoms with Crippen molar-refractivity contribution in [1.82, 2.24) is 4.98 Å². The lowest BCUT2D eigenvalue weighted by Gasteiger charge is -2.14. The highest BCUT2D eigenvalue weighted by Gasteiger charge is 2.25. The van der Waals surface area contributed by atoms with Gasteiger partial charge in [0.1, 0.15) is 11.3 Å². The van der Waals surface area contributed by atoms with E-state index in [2.05, 4.69) is 4.98 Å². The Balaban J connectivity index is 2.27. The van der Waals surface area contributed by atoms with Crippen molar-refractivity contribution in [2.24, 2.45) is 0 Å². The van der Waals surface area contributed by atoms with Gasteiger partial charge in [-0.1, -0.05) is 16.9 Å². The Hall–Kier alpha value is -0.100. The van der Waals surface area contributed by atoms with Crippen LogP contribution in [0.3, 0.4) is 0 Å². The van der Waals surface area contributed by atoms with Gasteiger partial charge in [-0.3, -0.25) is 9.13 Å². The van der Waals surface area contributed by atoms with Crippen LogP contribution in [0.4, 0.5) is 0 Å². The molecule has 0 amide bonds. The molecule has 1 aromatic rings. The van der Waals surface area contributed by atoms with Crippen molar-refractivity contribution >= 4 is 42.6 Å². The zero-order valence-electron chi connectivity index (χ0n) is 11.9. The first-order chi connectivity index (χ1) is 10.3. The second kappa shape index (κ2) is 9.91. The van der Waals surface area contributed by atoms with Gasteiger partial charge in [-0.05, 0) is 22.9 Å². The largest absolute Gasteiger partial charge is 0.344 e. The van der Waals surface area contributed by atoms with Crippen LogP contribution >= 0.6 is 36.3 Å². The summed E-state index contributed by atoms with van der Waals surface area (Å²) in [6, 6.07) is 5.53. The van der Waals surface area contributed by atoms with Crippen LogP contribution in [-0.2, 0) is 13.9 Å². The summed E-state index contributed by atoms with van der Waals surface area (Å²) in [7, 11) is -4.04. The lowest BCUT2D eigenvalue weighted by Crippen LogP contribution is -2.04. The molecule has 1 heterocycles. The fourth-order valence-corrected chi connectivity index (χ4v) is 8.39. The normalized spacial score (nSPS) is 16.6. The van der Waals surface area contributed by atoms with Crippen molar-refractivity contribution in [2.75, 3.05) is 30.4 Å². The molecule has 0 fully saturated rings. The van der Waals surface area contributed by atoms with Crippen LogP contribution in [0.25, 0.3) is 0 Å². The molecule has 0 aliphatic heterocycles. The maximum atomic E-state index is 12.0. The van der Waals surface area contributed by atoms with E-state index >= 15 is 0 Å². The molecule has 2 unspecified atom stereocenters. The average molecular weight is 383 g/mol. The van der Waals surface area contributed by atoms with E-state index in [1.54, 1.807) is 6.20 Å². The van der Waals surface area contributed by atoms with E-state index in [0.29, 0.717) is 12.0 Å². The molecular weight excluding hydrogens is 364 g/mol. The minimum Gasteiger partial charge on any atom is -0.344 e. The molecule has 0 aliphatic carbocycles. The first-order valence-corrected chi connectivity index (χ1v) is 13.0. The summed E-state index contributed by atoms with van der Waals surface area (Å²) >= 11 is 0. The number of carbonyl (C=O) groups is 1. The van der Waals surface area contributed by atoms with Crippen LogP contribution in [0, 0.1) is 0 Å². The van der Waals surface area contributed by atoms with Crippen molar-refractivity contribution in [3.8, 4) is 0 Å². The molecule has 0 radical (unpaired) electrons. The molecule has 22 heavy (non-hydrogen) atoms. The summed E-state index contributed by atoms with van der Waals surface area (Å²) in [5.41, 5.74) is 0. The predicted molar refractivity (Wildman–Crippen MR) is 92.4 cm³/mol. The number of aromatic nitrogens is 1. The molecule has 0 saturated carbocycles. The summed E-state index contributed by atoms with van der Waals surface area (Å²) in [4.78, 5) is 33.7. The van der Waals surface area contributed by atoms with Crippen LogP contribution in [0.2, 0.25) is 0 Å². The maximum Gasteiger partial charge on any atom is 0.202 e. The Morgan fingerprint density at radius 2 is 1.77 bits per heavy atom. The van der Waals surface area contributed by atoms with Crippen LogP contribution in [0.1, 0.15) is 6.42 Å². The Labute approximate surface area is 137 Å². The molecule has 1 aromatic heterocycles. The fourth-order valence-electron chi connectivity index (χ4n) is 1.47. The molecule has 0 bridgehead atoms. The number of rotatable bonds is 11. The van der Waals surface area contributed by atoms with Gasteiger partial charge >= 0.3 is 0 Å². The molecule has 0 spiro atoms. The van der Waals surface area contributed by atoms with Crippen molar-refractivity contribution in [2.45, 2.75) is 11.4 Å². The predicted octanol–water partition coefficient (Wildman–Crippen LogP) is 2.95. The van der Waals surface area contributed by atoms with Crippen molar-refractivity contribution in [3.63, 3.8) is 0 Å². The van der Waals surface area contributed by atoms with Gasteiger partial charge < -0.3 is 14.6 Å². The minimum atomic E-state index is -3.48. The molecule has 2 atom stereocenters. The first-order valence-electron chi connectivity index (χ1n) is 6.60. The molecule has 2 N–H and O–H groups in total. The number of nitrogens with zero attached hydrogens (tertiary/aromatic N) is 1. The molecule has 0 aromatic carbocycles. The van der Waals surface area contributed by atoms with E-state index in [0.717, 1.165) is 5.03 Å². The topological polar surface area (TPSA) is 105 Å². The minimum absolute atomic E-state index is 0.0000748. The lowest BCUT2D eigenvalue weighted by molar-refractivity contribution is -0.107. The zero-order valence-corrected chi connectivity index (χ0v) is 15.3. The SMILES string of the molecule is O=CCCP(=O)(O)CCP(=O)(O)CCSSc1ccccn1. The molecule has 0 saturated heterocycles. The highest BCUT2D eigenvalue weighted by Crippen LogP contribution is 2.49. The van der Waals surface area contributed by atoms with E-state index in [1.807, 2.05) is 18.2 Å². The van der Waals surface area contributed by atoms with Gasteiger partial charge in [0, 0.05) is 43.0 Å². The summed E-state index contributed by atoms with van der Waals surface area (Å²) in [5.74, 6) is 0.457. The van der Waals surface area contributed by atoms with Crippen molar-refractivity contribution in [3.05, 3.63) is 24.4 Å². The number of hydrogen-bond donors (Lipinski definition) is 2. The number of carbonyl (C=O) groups excluding carboxylic acids is 1. The van der Waals surface area contributed by atoms with Gasteiger partial charge in [-0.25, -0.2) is 4.98 Å². The molecular formula is C12H19NO5P2S2. The van der Waals surface area contributed by atoms with Crippen LogP contribution in [0.15, 0.2) is 29.4 Å². The van der Waals surface area contributed by atoms with E-state index in [-0.39, 0.29) is 31.1 Å². The highest BCUT2D eigenvalue weighted by atomic mass is 33.1. The van der Waals surface area contributed by atoms with Gasteiger partial charge in [0.2, 0.25) is 14.7 Å². The molecule has 1 rings (SSSR count). The second-order valence-corrected chi connectivity index (χ2v) is 12.2. The zero-order chi connectivity index (χ0) is 16.5. The van der Waals surface area contributed by atoms with Gasteiger partial charge in [-0.15, -0.1) is 0 Å². The third-order valence-electron chi connectivity index (χ3n) is 2.70. The monoisotopic (exact) mass is 383 g/mol. The third kappa shape index (κ3) is 9.13. The molecule has 124 valence electrons. The van der Waals surface area contributed by atoms with E-state index in [4.69, 9.17) is 0 Å². The van der Waals surface area contributed by atoms with E-state index < -0.39 is 14.7 Å². The molecule has 0 aliphatic rings. The summed E-state index contributed by atoms with van der Waals surface area (Å²) in [6.07, 6.45) is 1.82. The highest BCUT2D eigenvalue weighted by molar-refractivity contribution is 8.76. The summed E-state index contributed by atoms with van der Waals surface area (Å²) in [5, 5.41) is 0.828. The fraction of sp³-hybridized carbons (Fsp3) is 0.500.